The van der Waals surface area contributed by atoms with Crippen molar-refractivity contribution in [2.75, 3.05) is 7.11 Å². The molecule has 0 radical (unpaired) electrons. The van der Waals surface area contributed by atoms with Crippen LogP contribution in [0.5, 0.6) is 5.75 Å². The number of hydrogen-bond donors (Lipinski definition) is 1. The van der Waals surface area contributed by atoms with Crippen LogP contribution in [0.25, 0.3) is 0 Å². The largest absolute Gasteiger partial charge is 0.496 e. The molecule has 96 valence electrons. The van der Waals surface area contributed by atoms with Gasteiger partial charge < -0.3 is 4.74 Å². The normalized spacial score (nSPS) is 12.5. The second-order valence-electron chi connectivity index (χ2n) is 3.34. The molecule has 0 spiro atoms. The van der Waals surface area contributed by atoms with Crippen LogP contribution >= 0.6 is 0 Å². The summed E-state index contributed by atoms with van der Waals surface area (Å²) in [5.74, 6) is -0.972. The number of rotatable bonds is 3. The number of nitrogens with two attached hydrogens (primary N) is 1. The fourth-order valence-electron chi connectivity index (χ4n) is 1.29. The average molecular weight is 269 g/mol. The number of sulfonamides is 1. The zero-order valence-corrected chi connectivity index (χ0v) is 9.60. The van der Waals surface area contributed by atoms with Crippen molar-refractivity contribution in [2.24, 2.45) is 5.14 Å². The van der Waals surface area contributed by atoms with Gasteiger partial charge in [-0.05, 0) is 17.7 Å². The third kappa shape index (κ3) is 3.90. The highest BCUT2D eigenvalue weighted by molar-refractivity contribution is 7.88. The first-order chi connectivity index (χ1) is 7.63. The summed E-state index contributed by atoms with van der Waals surface area (Å²) in [6, 6.07) is 2.82. The van der Waals surface area contributed by atoms with E-state index in [9.17, 15) is 21.6 Å². The first kappa shape index (κ1) is 13.8. The summed E-state index contributed by atoms with van der Waals surface area (Å²) in [5, 5.41) is 4.79. The molecule has 0 aliphatic rings. The molecule has 1 aromatic carbocycles. The minimum absolute atomic E-state index is 0.136. The second kappa shape index (κ2) is 4.53. The van der Waals surface area contributed by atoms with Gasteiger partial charge in [0.05, 0.1) is 18.4 Å². The highest BCUT2D eigenvalue weighted by Gasteiger charge is 2.34. The Hall–Kier alpha value is -1.28. The fraction of sp³-hybridized carbons (Fsp3) is 0.333. The lowest BCUT2D eigenvalue weighted by Crippen LogP contribution is -2.15. The van der Waals surface area contributed by atoms with Gasteiger partial charge in [-0.3, -0.25) is 0 Å². The Kier molecular flexibility index (Phi) is 3.68. The molecule has 17 heavy (non-hydrogen) atoms. The Balaban J connectivity index is 3.18. The van der Waals surface area contributed by atoms with Gasteiger partial charge in [-0.1, -0.05) is 6.07 Å². The third-order valence-corrected chi connectivity index (χ3v) is 2.67. The molecule has 1 aromatic rings. The van der Waals surface area contributed by atoms with E-state index < -0.39 is 33.3 Å². The van der Waals surface area contributed by atoms with Crippen LogP contribution < -0.4 is 9.88 Å². The van der Waals surface area contributed by atoms with Gasteiger partial charge in [0, 0.05) is 0 Å². The smallest absolute Gasteiger partial charge is 0.419 e. The zero-order valence-electron chi connectivity index (χ0n) is 8.78. The molecule has 2 N–H and O–H groups in total. The standard InChI is InChI=1S/C9H10F3NO3S/c1-16-8-4-6(5-17(13,14)15)2-3-7(8)9(10,11)12/h2-4H,5H2,1H3,(H2,13,14,15). The van der Waals surface area contributed by atoms with Gasteiger partial charge in [0.25, 0.3) is 0 Å². The Labute approximate surface area is 96.2 Å². The SMILES string of the molecule is COc1cc(CS(N)(=O)=O)ccc1C(F)(F)F. The second-order valence-corrected chi connectivity index (χ2v) is 4.95. The molecule has 8 heteroatoms. The van der Waals surface area contributed by atoms with Crippen LogP contribution in [0.1, 0.15) is 11.1 Å². The highest BCUT2D eigenvalue weighted by atomic mass is 32.2. The lowest BCUT2D eigenvalue weighted by Gasteiger charge is -2.12. The van der Waals surface area contributed by atoms with Crippen molar-refractivity contribution >= 4 is 10.0 Å². The van der Waals surface area contributed by atoms with Crippen LogP contribution in [0.4, 0.5) is 13.2 Å². The molecule has 0 bridgehead atoms. The number of methoxy groups -OCH3 is 1. The van der Waals surface area contributed by atoms with E-state index >= 15 is 0 Å². The molecular formula is C9H10F3NO3S. The molecule has 0 unspecified atom stereocenters. The van der Waals surface area contributed by atoms with E-state index in [1.165, 1.54) is 0 Å². The summed E-state index contributed by atoms with van der Waals surface area (Å²) < 4.78 is 63.6. The van der Waals surface area contributed by atoms with Gasteiger partial charge >= 0.3 is 6.18 Å². The van der Waals surface area contributed by atoms with E-state index in [2.05, 4.69) is 4.74 Å². The van der Waals surface area contributed by atoms with Gasteiger partial charge in [-0.15, -0.1) is 0 Å². The van der Waals surface area contributed by atoms with Crippen molar-refractivity contribution in [3.8, 4) is 5.75 Å². The van der Waals surface area contributed by atoms with Gasteiger partial charge in [0.15, 0.2) is 0 Å². The van der Waals surface area contributed by atoms with Gasteiger partial charge in [-0.25, -0.2) is 13.6 Å². The molecular weight excluding hydrogens is 259 g/mol. The van der Waals surface area contributed by atoms with E-state index in [1.54, 1.807) is 0 Å². The summed E-state index contributed by atoms with van der Waals surface area (Å²) in [5.41, 5.74) is -0.824. The van der Waals surface area contributed by atoms with Crippen molar-refractivity contribution < 1.29 is 26.3 Å². The van der Waals surface area contributed by atoms with Crippen molar-refractivity contribution in [3.05, 3.63) is 29.3 Å². The number of primary sulfonamides is 1. The Morgan fingerprint density at radius 2 is 1.94 bits per heavy atom. The Morgan fingerprint density at radius 3 is 2.35 bits per heavy atom. The first-order valence-electron chi connectivity index (χ1n) is 4.38. The van der Waals surface area contributed by atoms with Crippen LogP contribution in [0.2, 0.25) is 0 Å². The molecule has 0 aliphatic heterocycles. The third-order valence-electron chi connectivity index (χ3n) is 1.94. The van der Waals surface area contributed by atoms with E-state index in [4.69, 9.17) is 5.14 Å². The Morgan fingerprint density at radius 1 is 1.35 bits per heavy atom. The quantitative estimate of drug-likeness (QED) is 0.904. The molecule has 0 fully saturated rings. The molecule has 0 saturated carbocycles. The number of halogens is 3. The lowest BCUT2D eigenvalue weighted by atomic mass is 10.1. The van der Waals surface area contributed by atoms with Crippen LogP contribution in [0.15, 0.2) is 18.2 Å². The summed E-state index contributed by atoms with van der Waals surface area (Å²) in [6.07, 6.45) is -4.55. The van der Waals surface area contributed by atoms with Crippen LogP contribution in [0.3, 0.4) is 0 Å². The zero-order chi connectivity index (χ0) is 13.3. The molecule has 4 nitrogen and oxygen atoms in total. The van der Waals surface area contributed by atoms with Crippen molar-refractivity contribution in [3.63, 3.8) is 0 Å². The van der Waals surface area contributed by atoms with Crippen LogP contribution in [0, 0.1) is 0 Å². The number of alkyl halides is 3. The van der Waals surface area contributed by atoms with Crippen LogP contribution in [-0.2, 0) is 22.0 Å². The molecule has 0 amide bonds. The lowest BCUT2D eigenvalue weighted by molar-refractivity contribution is -0.138. The number of hydrogen-bond acceptors (Lipinski definition) is 3. The predicted octanol–water partition coefficient (Wildman–Crippen LogP) is 1.50. The van der Waals surface area contributed by atoms with Gasteiger partial charge in [-0.2, -0.15) is 13.2 Å². The predicted molar refractivity (Wildman–Crippen MR) is 54.8 cm³/mol. The number of ether oxygens (including phenoxy) is 1. The maximum absolute atomic E-state index is 12.5. The molecule has 0 aliphatic carbocycles. The summed E-state index contributed by atoms with van der Waals surface area (Å²) in [4.78, 5) is 0. The highest BCUT2D eigenvalue weighted by Crippen LogP contribution is 2.36. The van der Waals surface area contributed by atoms with Crippen LogP contribution in [-0.4, -0.2) is 15.5 Å². The molecule has 0 heterocycles. The van der Waals surface area contributed by atoms with E-state index in [1.807, 2.05) is 0 Å². The topological polar surface area (TPSA) is 69.4 Å². The molecule has 0 aromatic heterocycles. The molecule has 1 rings (SSSR count). The van der Waals surface area contributed by atoms with Gasteiger partial charge in [0.2, 0.25) is 10.0 Å². The minimum atomic E-state index is -4.55. The monoisotopic (exact) mass is 269 g/mol. The maximum Gasteiger partial charge on any atom is 0.419 e. The van der Waals surface area contributed by atoms with E-state index in [-0.39, 0.29) is 5.56 Å². The summed E-state index contributed by atoms with van der Waals surface area (Å²) in [6.45, 7) is 0. The van der Waals surface area contributed by atoms with Crippen molar-refractivity contribution in [1.82, 2.24) is 0 Å². The summed E-state index contributed by atoms with van der Waals surface area (Å²) in [7, 11) is -2.71. The minimum Gasteiger partial charge on any atom is -0.496 e. The maximum atomic E-state index is 12.5. The van der Waals surface area contributed by atoms with Gasteiger partial charge in [0.1, 0.15) is 5.75 Å². The molecule has 0 atom stereocenters. The van der Waals surface area contributed by atoms with Crippen molar-refractivity contribution in [2.45, 2.75) is 11.9 Å². The number of benzene rings is 1. The van der Waals surface area contributed by atoms with Crippen molar-refractivity contribution in [1.29, 1.82) is 0 Å². The van der Waals surface area contributed by atoms with E-state index in [0.29, 0.717) is 0 Å². The molecule has 0 saturated heterocycles. The average Bonchev–Trinajstić information content (AvgIpc) is 2.13. The Bertz CT molecular complexity index is 511. The summed E-state index contributed by atoms with van der Waals surface area (Å²) >= 11 is 0. The fourth-order valence-corrected chi connectivity index (χ4v) is 1.94. The van der Waals surface area contributed by atoms with E-state index in [0.717, 1.165) is 25.3 Å². The first-order valence-corrected chi connectivity index (χ1v) is 6.09.